The Balaban J connectivity index is 1.94. The molecule has 0 aliphatic carbocycles. The molecule has 102 valence electrons. The monoisotopic (exact) mass is 278 g/mol. The van der Waals surface area contributed by atoms with Crippen molar-refractivity contribution < 1.29 is 9.18 Å². The van der Waals surface area contributed by atoms with Gasteiger partial charge in [-0.05, 0) is 30.0 Å². The molecule has 1 aromatic carbocycles. The first-order chi connectivity index (χ1) is 9.20. The Morgan fingerprint density at radius 1 is 1.16 bits per heavy atom. The number of hydrogen-bond donors (Lipinski definition) is 0. The Bertz CT molecular complexity index is 559. The molecule has 0 N–H and O–H groups in total. The van der Waals surface area contributed by atoms with Crippen LogP contribution in [0.25, 0.3) is 10.1 Å². The predicted octanol–water partition coefficient (Wildman–Crippen LogP) is 5.58. The maximum atomic E-state index is 13.1. The summed E-state index contributed by atoms with van der Waals surface area (Å²) in [5.74, 6) is -0.0500. The molecule has 2 rings (SSSR count). The highest BCUT2D eigenvalue weighted by molar-refractivity contribution is 7.20. The van der Waals surface area contributed by atoms with Gasteiger partial charge in [-0.15, -0.1) is 11.3 Å². The SMILES string of the molecule is CCCCCCCC(=O)c1cc2ccc(F)cc2s1. The summed E-state index contributed by atoms with van der Waals surface area (Å²) in [6.07, 6.45) is 6.37. The zero-order chi connectivity index (χ0) is 13.7. The average Bonchev–Trinajstić information content (AvgIpc) is 2.81. The van der Waals surface area contributed by atoms with Crippen LogP contribution < -0.4 is 0 Å². The predicted molar refractivity (Wildman–Crippen MR) is 79.5 cm³/mol. The first-order valence-electron chi connectivity index (χ1n) is 6.93. The van der Waals surface area contributed by atoms with Crippen LogP contribution in [0.15, 0.2) is 24.3 Å². The molecule has 19 heavy (non-hydrogen) atoms. The number of hydrogen-bond acceptors (Lipinski definition) is 2. The van der Waals surface area contributed by atoms with Gasteiger partial charge in [0.1, 0.15) is 5.82 Å². The van der Waals surface area contributed by atoms with E-state index in [1.54, 1.807) is 6.07 Å². The summed E-state index contributed by atoms with van der Waals surface area (Å²) >= 11 is 1.40. The molecule has 0 saturated heterocycles. The lowest BCUT2D eigenvalue weighted by Gasteiger charge is -1.98. The van der Waals surface area contributed by atoms with Crippen molar-refractivity contribution in [3.8, 4) is 0 Å². The van der Waals surface area contributed by atoms with Crippen LogP contribution in [-0.2, 0) is 0 Å². The second-order valence-corrected chi connectivity index (χ2v) is 5.96. The molecule has 1 heterocycles. The van der Waals surface area contributed by atoms with E-state index in [0.29, 0.717) is 6.42 Å². The molecule has 1 nitrogen and oxygen atoms in total. The molecule has 1 aromatic heterocycles. The highest BCUT2D eigenvalue weighted by atomic mass is 32.1. The third kappa shape index (κ3) is 3.87. The molecule has 0 spiro atoms. The van der Waals surface area contributed by atoms with Crippen molar-refractivity contribution in [2.24, 2.45) is 0 Å². The van der Waals surface area contributed by atoms with Gasteiger partial charge in [0.2, 0.25) is 0 Å². The molecule has 0 atom stereocenters. The molecule has 2 aromatic rings. The number of carbonyl (C=O) groups excluding carboxylic acids is 1. The third-order valence-electron chi connectivity index (χ3n) is 3.26. The summed E-state index contributed by atoms with van der Waals surface area (Å²) in [6.45, 7) is 2.18. The van der Waals surface area contributed by atoms with E-state index in [9.17, 15) is 9.18 Å². The summed E-state index contributed by atoms with van der Waals surface area (Å²) in [5, 5.41) is 0.959. The fourth-order valence-electron chi connectivity index (χ4n) is 2.15. The van der Waals surface area contributed by atoms with E-state index in [2.05, 4.69) is 6.92 Å². The summed E-state index contributed by atoms with van der Waals surface area (Å²) in [4.78, 5) is 12.8. The van der Waals surface area contributed by atoms with Crippen LogP contribution in [0.3, 0.4) is 0 Å². The molecule has 0 bridgehead atoms. The van der Waals surface area contributed by atoms with Crippen LogP contribution in [0.4, 0.5) is 4.39 Å². The molecule has 0 radical (unpaired) electrons. The van der Waals surface area contributed by atoms with E-state index in [4.69, 9.17) is 0 Å². The van der Waals surface area contributed by atoms with Crippen molar-refractivity contribution in [3.05, 3.63) is 35.0 Å². The summed E-state index contributed by atoms with van der Waals surface area (Å²) in [7, 11) is 0. The average molecular weight is 278 g/mol. The van der Waals surface area contributed by atoms with Gasteiger partial charge >= 0.3 is 0 Å². The number of unbranched alkanes of at least 4 members (excludes halogenated alkanes) is 4. The smallest absolute Gasteiger partial charge is 0.172 e. The molecule has 0 amide bonds. The number of ketones is 1. The van der Waals surface area contributed by atoms with Crippen LogP contribution in [0.5, 0.6) is 0 Å². The molecule has 0 aliphatic heterocycles. The number of rotatable bonds is 7. The molecule has 3 heteroatoms. The van der Waals surface area contributed by atoms with Crippen molar-refractivity contribution >= 4 is 27.2 Å². The van der Waals surface area contributed by atoms with Crippen LogP contribution >= 0.6 is 11.3 Å². The molecule has 0 aliphatic rings. The Morgan fingerprint density at radius 2 is 1.95 bits per heavy atom. The minimum Gasteiger partial charge on any atom is -0.293 e. The summed E-state index contributed by atoms with van der Waals surface area (Å²) < 4.78 is 13.9. The number of Topliss-reactive ketones (excluding diaryl/α,β-unsaturated/α-hetero) is 1. The van der Waals surface area contributed by atoms with Gasteiger partial charge in [0.05, 0.1) is 4.88 Å². The minimum atomic E-state index is -0.243. The Hall–Kier alpha value is -1.22. The molecule has 0 saturated carbocycles. The lowest BCUT2D eigenvalue weighted by atomic mass is 10.1. The molecular weight excluding hydrogens is 259 g/mol. The van der Waals surface area contributed by atoms with E-state index >= 15 is 0 Å². The maximum absolute atomic E-state index is 13.1. The van der Waals surface area contributed by atoms with Gasteiger partial charge in [-0.3, -0.25) is 4.79 Å². The van der Waals surface area contributed by atoms with Gasteiger partial charge in [-0.25, -0.2) is 4.39 Å². The zero-order valence-electron chi connectivity index (χ0n) is 11.2. The second-order valence-electron chi connectivity index (χ2n) is 4.88. The van der Waals surface area contributed by atoms with Gasteiger partial charge in [-0.2, -0.15) is 0 Å². The van der Waals surface area contributed by atoms with E-state index in [1.807, 2.05) is 6.07 Å². The van der Waals surface area contributed by atoms with Crippen molar-refractivity contribution in [1.82, 2.24) is 0 Å². The van der Waals surface area contributed by atoms with E-state index in [0.717, 1.165) is 27.8 Å². The number of thiophene rings is 1. The van der Waals surface area contributed by atoms with Gasteiger partial charge in [0.15, 0.2) is 5.78 Å². The first-order valence-corrected chi connectivity index (χ1v) is 7.74. The van der Waals surface area contributed by atoms with Crippen molar-refractivity contribution in [1.29, 1.82) is 0 Å². The van der Waals surface area contributed by atoms with E-state index < -0.39 is 0 Å². The van der Waals surface area contributed by atoms with Crippen molar-refractivity contribution in [2.75, 3.05) is 0 Å². The lowest BCUT2D eigenvalue weighted by molar-refractivity contribution is 0.0983. The highest BCUT2D eigenvalue weighted by Crippen LogP contribution is 2.27. The van der Waals surface area contributed by atoms with E-state index in [-0.39, 0.29) is 11.6 Å². The topological polar surface area (TPSA) is 17.1 Å². The van der Waals surface area contributed by atoms with Gasteiger partial charge in [0, 0.05) is 11.1 Å². The standard InChI is InChI=1S/C16H19FOS/c1-2-3-4-5-6-7-14(18)16-10-12-8-9-13(17)11-15(12)19-16/h8-11H,2-7H2,1H3. The number of benzene rings is 1. The number of fused-ring (bicyclic) bond motifs is 1. The fraction of sp³-hybridized carbons (Fsp3) is 0.438. The van der Waals surface area contributed by atoms with Gasteiger partial charge in [-0.1, -0.05) is 38.7 Å². The Kier molecular flexibility index (Phi) is 5.08. The summed E-state index contributed by atoms with van der Waals surface area (Å²) in [5.41, 5.74) is 0. The van der Waals surface area contributed by atoms with Crippen LogP contribution in [0, 0.1) is 5.82 Å². The second kappa shape index (κ2) is 6.80. The number of halogens is 1. The fourth-order valence-corrected chi connectivity index (χ4v) is 3.21. The summed E-state index contributed by atoms with van der Waals surface area (Å²) in [6, 6.07) is 6.55. The Morgan fingerprint density at radius 3 is 2.74 bits per heavy atom. The first kappa shape index (κ1) is 14.2. The molecular formula is C16H19FOS. The normalized spacial score (nSPS) is 11.1. The van der Waals surface area contributed by atoms with Gasteiger partial charge < -0.3 is 0 Å². The van der Waals surface area contributed by atoms with Crippen LogP contribution in [-0.4, -0.2) is 5.78 Å². The lowest BCUT2D eigenvalue weighted by Crippen LogP contribution is -1.95. The van der Waals surface area contributed by atoms with Gasteiger partial charge in [0.25, 0.3) is 0 Å². The number of carbonyl (C=O) groups is 1. The molecule has 0 unspecified atom stereocenters. The zero-order valence-corrected chi connectivity index (χ0v) is 12.1. The molecule has 0 fully saturated rings. The minimum absolute atomic E-state index is 0.193. The van der Waals surface area contributed by atoms with Crippen LogP contribution in [0.1, 0.15) is 55.1 Å². The van der Waals surface area contributed by atoms with E-state index in [1.165, 1.54) is 42.7 Å². The highest BCUT2D eigenvalue weighted by Gasteiger charge is 2.10. The van der Waals surface area contributed by atoms with Crippen LogP contribution in [0.2, 0.25) is 0 Å². The quantitative estimate of drug-likeness (QED) is 0.477. The Labute approximate surface area is 117 Å². The third-order valence-corrected chi connectivity index (χ3v) is 4.40. The van der Waals surface area contributed by atoms with Crippen molar-refractivity contribution in [3.63, 3.8) is 0 Å². The van der Waals surface area contributed by atoms with Crippen molar-refractivity contribution in [2.45, 2.75) is 45.4 Å². The largest absolute Gasteiger partial charge is 0.293 e. The maximum Gasteiger partial charge on any atom is 0.172 e.